The fourth-order valence-electron chi connectivity index (χ4n) is 2.51. The standard InChI is InChI=1S/C11H16N4OS/c1-3-15-11-9(7(2)13-15)12-10(16)8-6-17-5-4-14(8)11/h8H,3-6H2,1-2H3,(H,12,16). The number of carbonyl (C=O) groups is 1. The van der Waals surface area contributed by atoms with Crippen LogP contribution in [-0.2, 0) is 11.3 Å². The lowest BCUT2D eigenvalue weighted by molar-refractivity contribution is -0.117. The van der Waals surface area contributed by atoms with E-state index in [0.717, 1.165) is 41.8 Å². The first-order valence-electron chi connectivity index (χ1n) is 5.95. The Morgan fingerprint density at radius 3 is 3.18 bits per heavy atom. The molecule has 6 heteroatoms. The molecule has 0 spiro atoms. The first-order valence-corrected chi connectivity index (χ1v) is 7.10. The highest BCUT2D eigenvalue weighted by Crippen LogP contribution is 2.37. The van der Waals surface area contributed by atoms with Crippen LogP contribution >= 0.6 is 11.8 Å². The highest BCUT2D eigenvalue weighted by Gasteiger charge is 2.38. The Hall–Kier alpha value is -1.17. The predicted molar refractivity (Wildman–Crippen MR) is 69.7 cm³/mol. The summed E-state index contributed by atoms with van der Waals surface area (Å²) < 4.78 is 1.99. The second-order valence-electron chi connectivity index (χ2n) is 4.37. The highest BCUT2D eigenvalue weighted by molar-refractivity contribution is 7.99. The number of nitrogens with one attached hydrogen (secondary N) is 1. The second kappa shape index (κ2) is 3.94. The van der Waals surface area contributed by atoms with E-state index in [1.165, 1.54) is 0 Å². The van der Waals surface area contributed by atoms with E-state index in [2.05, 4.69) is 22.2 Å². The van der Waals surface area contributed by atoms with Crippen molar-refractivity contribution in [2.45, 2.75) is 26.4 Å². The van der Waals surface area contributed by atoms with Crippen molar-refractivity contribution in [2.75, 3.05) is 28.3 Å². The van der Waals surface area contributed by atoms with Gasteiger partial charge in [-0.2, -0.15) is 16.9 Å². The van der Waals surface area contributed by atoms with Gasteiger partial charge >= 0.3 is 0 Å². The number of carbonyl (C=O) groups excluding carboxylic acids is 1. The van der Waals surface area contributed by atoms with E-state index >= 15 is 0 Å². The molecule has 1 aromatic rings. The highest BCUT2D eigenvalue weighted by atomic mass is 32.2. The minimum Gasteiger partial charge on any atom is -0.341 e. The van der Waals surface area contributed by atoms with Crippen molar-refractivity contribution < 1.29 is 4.79 Å². The molecule has 17 heavy (non-hydrogen) atoms. The maximum Gasteiger partial charge on any atom is 0.248 e. The molecular formula is C11H16N4OS. The molecule has 0 aromatic carbocycles. The van der Waals surface area contributed by atoms with Gasteiger partial charge < -0.3 is 10.2 Å². The van der Waals surface area contributed by atoms with Gasteiger partial charge in [-0.05, 0) is 13.8 Å². The first-order chi connectivity index (χ1) is 8.22. The molecule has 1 N–H and O–H groups in total. The Labute approximate surface area is 105 Å². The fraction of sp³-hybridized carbons (Fsp3) is 0.636. The van der Waals surface area contributed by atoms with Gasteiger partial charge in [-0.25, -0.2) is 4.68 Å². The number of anilines is 2. The summed E-state index contributed by atoms with van der Waals surface area (Å²) >= 11 is 1.85. The van der Waals surface area contributed by atoms with Gasteiger partial charge in [0.15, 0.2) is 5.82 Å². The Kier molecular flexibility index (Phi) is 2.54. The summed E-state index contributed by atoms with van der Waals surface area (Å²) in [6.07, 6.45) is 0. The normalized spacial score (nSPS) is 23.1. The molecule has 1 atom stereocenters. The molecule has 0 saturated carbocycles. The molecule has 1 aromatic heterocycles. The van der Waals surface area contributed by atoms with Crippen molar-refractivity contribution in [2.24, 2.45) is 0 Å². The van der Waals surface area contributed by atoms with Crippen molar-refractivity contribution in [1.82, 2.24) is 9.78 Å². The van der Waals surface area contributed by atoms with Gasteiger partial charge in [0.25, 0.3) is 0 Å². The molecule has 1 saturated heterocycles. The summed E-state index contributed by atoms with van der Waals surface area (Å²) in [6, 6.07) is -0.0253. The van der Waals surface area contributed by atoms with E-state index in [0.29, 0.717) is 0 Å². The third kappa shape index (κ3) is 1.54. The first kappa shape index (κ1) is 11.0. The molecule has 1 fully saturated rings. The largest absolute Gasteiger partial charge is 0.341 e. The molecule has 0 radical (unpaired) electrons. The number of rotatable bonds is 1. The van der Waals surface area contributed by atoms with Gasteiger partial charge in [-0.3, -0.25) is 4.79 Å². The number of hydrogen-bond donors (Lipinski definition) is 1. The van der Waals surface area contributed by atoms with Crippen molar-refractivity contribution in [3.8, 4) is 0 Å². The summed E-state index contributed by atoms with van der Waals surface area (Å²) in [4.78, 5) is 14.3. The lowest BCUT2D eigenvalue weighted by Gasteiger charge is -2.39. The Bertz CT molecular complexity index is 470. The predicted octanol–water partition coefficient (Wildman–Crippen LogP) is 1.09. The van der Waals surface area contributed by atoms with E-state index in [1.54, 1.807) is 0 Å². The van der Waals surface area contributed by atoms with Gasteiger partial charge in [0.1, 0.15) is 11.7 Å². The summed E-state index contributed by atoms with van der Waals surface area (Å²) in [5.74, 6) is 3.16. The summed E-state index contributed by atoms with van der Waals surface area (Å²) in [7, 11) is 0. The Morgan fingerprint density at radius 2 is 2.41 bits per heavy atom. The maximum absolute atomic E-state index is 12.0. The van der Waals surface area contributed by atoms with Gasteiger partial charge in [0.2, 0.25) is 5.91 Å². The van der Waals surface area contributed by atoms with Gasteiger partial charge in [-0.1, -0.05) is 0 Å². The second-order valence-corrected chi connectivity index (χ2v) is 5.52. The van der Waals surface area contributed by atoms with Crippen LogP contribution < -0.4 is 10.2 Å². The molecule has 0 aliphatic carbocycles. The van der Waals surface area contributed by atoms with Crippen LogP contribution in [0.5, 0.6) is 0 Å². The third-order valence-electron chi connectivity index (χ3n) is 3.35. The minimum absolute atomic E-state index is 0.0253. The van der Waals surface area contributed by atoms with E-state index in [9.17, 15) is 4.79 Å². The van der Waals surface area contributed by atoms with Crippen LogP contribution in [0.2, 0.25) is 0 Å². The van der Waals surface area contributed by atoms with Crippen LogP contribution in [0, 0.1) is 6.92 Å². The van der Waals surface area contributed by atoms with Crippen molar-refractivity contribution >= 4 is 29.2 Å². The summed E-state index contributed by atoms with van der Waals surface area (Å²) in [5, 5.41) is 7.49. The molecule has 2 aliphatic heterocycles. The molecule has 3 rings (SSSR count). The smallest absolute Gasteiger partial charge is 0.248 e. The van der Waals surface area contributed by atoms with Gasteiger partial charge in [-0.15, -0.1) is 0 Å². The zero-order chi connectivity index (χ0) is 12.0. The molecule has 2 aliphatic rings. The number of amides is 1. The molecule has 92 valence electrons. The van der Waals surface area contributed by atoms with Crippen molar-refractivity contribution in [1.29, 1.82) is 0 Å². The molecular weight excluding hydrogens is 236 g/mol. The van der Waals surface area contributed by atoms with Crippen LogP contribution in [0.15, 0.2) is 0 Å². The lowest BCUT2D eigenvalue weighted by atomic mass is 10.1. The minimum atomic E-state index is -0.0253. The van der Waals surface area contributed by atoms with Crippen LogP contribution in [0.1, 0.15) is 12.6 Å². The fourth-order valence-corrected chi connectivity index (χ4v) is 3.56. The number of aryl methyl sites for hydroxylation is 2. The lowest BCUT2D eigenvalue weighted by Crippen LogP contribution is -2.53. The van der Waals surface area contributed by atoms with E-state index in [1.807, 2.05) is 23.4 Å². The van der Waals surface area contributed by atoms with Crippen LogP contribution in [0.3, 0.4) is 0 Å². The van der Waals surface area contributed by atoms with Crippen molar-refractivity contribution in [3.63, 3.8) is 0 Å². The average molecular weight is 252 g/mol. The Balaban J connectivity index is 2.11. The quantitative estimate of drug-likeness (QED) is 0.813. The monoisotopic (exact) mass is 252 g/mol. The Morgan fingerprint density at radius 1 is 1.59 bits per heavy atom. The summed E-state index contributed by atoms with van der Waals surface area (Å²) in [6.45, 7) is 5.80. The van der Waals surface area contributed by atoms with Gasteiger partial charge in [0.05, 0.1) is 5.69 Å². The number of nitrogens with zero attached hydrogens (tertiary/aromatic N) is 3. The van der Waals surface area contributed by atoms with Crippen LogP contribution in [0.4, 0.5) is 11.5 Å². The topological polar surface area (TPSA) is 50.2 Å². The third-order valence-corrected chi connectivity index (χ3v) is 4.37. The number of hydrogen-bond acceptors (Lipinski definition) is 4. The molecule has 1 unspecified atom stereocenters. The average Bonchev–Trinajstić information content (AvgIpc) is 2.67. The van der Waals surface area contributed by atoms with Gasteiger partial charge in [0, 0.05) is 24.6 Å². The van der Waals surface area contributed by atoms with E-state index in [4.69, 9.17) is 0 Å². The van der Waals surface area contributed by atoms with Crippen LogP contribution in [-0.4, -0.2) is 39.8 Å². The van der Waals surface area contributed by atoms with Crippen LogP contribution in [0.25, 0.3) is 0 Å². The number of thioether (sulfide) groups is 1. The zero-order valence-corrected chi connectivity index (χ0v) is 10.9. The molecule has 1 amide bonds. The molecule has 5 nitrogen and oxygen atoms in total. The van der Waals surface area contributed by atoms with E-state index in [-0.39, 0.29) is 11.9 Å². The SMILES string of the molecule is CCn1nc(C)c2c1N1CCSCC1C(=O)N2. The summed E-state index contributed by atoms with van der Waals surface area (Å²) in [5.41, 5.74) is 1.81. The van der Waals surface area contributed by atoms with Crippen molar-refractivity contribution in [3.05, 3.63) is 5.69 Å². The van der Waals surface area contributed by atoms with E-state index < -0.39 is 0 Å². The molecule has 0 bridgehead atoms. The number of aromatic nitrogens is 2. The molecule has 3 heterocycles. The number of fused-ring (bicyclic) bond motifs is 3. The maximum atomic E-state index is 12.0. The zero-order valence-electron chi connectivity index (χ0n) is 10.1.